The number of hydrogen-bond acceptors (Lipinski definition) is 4. The molecule has 0 aliphatic rings. The average molecular weight is 321 g/mol. The zero-order valence-electron chi connectivity index (χ0n) is 11.8. The molecular weight excluding hydrogens is 306 g/mol. The van der Waals surface area contributed by atoms with E-state index in [1.54, 1.807) is 31.2 Å². The maximum atomic E-state index is 12.4. The molecule has 0 bridgehead atoms. The van der Waals surface area contributed by atoms with E-state index in [0.29, 0.717) is 18.0 Å². The van der Waals surface area contributed by atoms with E-state index >= 15 is 0 Å². The van der Waals surface area contributed by atoms with E-state index in [1.807, 2.05) is 0 Å². The van der Waals surface area contributed by atoms with Gasteiger partial charge in [-0.2, -0.15) is 0 Å². The van der Waals surface area contributed by atoms with Crippen LogP contribution in [0.1, 0.15) is 17.3 Å². The van der Waals surface area contributed by atoms with Crippen LogP contribution in [0.15, 0.2) is 53.4 Å². The summed E-state index contributed by atoms with van der Waals surface area (Å²) in [5.74, 6) is -0.783. The van der Waals surface area contributed by atoms with Crippen molar-refractivity contribution in [3.63, 3.8) is 0 Å². The number of benzene rings is 2. The minimum Gasteiger partial charge on any atom is -0.492 e. The van der Waals surface area contributed by atoms with E-state index in [1.165, 1.54) is 18.2 Å². The van der Waals surface area contributed by atoms with Gasteiger partial charge in [-0.25, -0.2) is 13.2 Å². The van der Waals surface area contributed by atoms with Gasteiger partial charge in [-0.05, 0) is 37.3 Å². The molecule has 0 heterocycles. The first-order valence-corrected chi connectivity index (χ1v) is 8.00. The molecule has 2 aromatic carbocycles. The highest BCUT2D eigenvalue weighted by molar-refractivity contribution is 7.92. The lowest BCUT2D eigenvalue weighted by molar-refractivity contribution is 0.0696. The van der Waals surface area contributed by atoms with Gasteiger partial charge in [0.25, 0.3) is 10.0 Å². The molecule has 0 atom stereocenters. The Balaban J connectivity index is 2.36. The SMILES string of the molecule is CCOc1ccccc1NS(=O)(=O)c1cccc(C(=O)O)c1. The predicted molar refractivity (Wildman–Crippen MR) is 81.8 cm³/mol. The van der Waals surface area contributed by atoms with Crippen LogP contribution in [-0.2, 0) is 10.0 Å². The first-order chi connectivity index (χ1) is 10.4. The number of ether oxygens (including phenoxy) is 1. The second-order valence-electron chi connectivity index (χ2n) is 4.37. The van der Waals surface area contributed by atoms with Crippen molar-refractivity contribution in [3.05, 3.63) is 54.1 Å². The molecule has 7 heteroatoms. The van der Waals surface area contributed by atoms with E-state index in [-0.39, 0.29) is 10.5 Å². The van der Waals surface area contributed by atoms with E-state index < -0.39 is 16.0 Å². The third kappa shape index (κ3) is 3.56. The molecule has 2 aromatic rings. The van der Waals surface area contributed by atoms with Crippen LogP contribution in [0.25, 0.3) is 0 Å². The molecule has 0 unspecified atom stereocenters. The van der Waals surface area contributed by atoms with Gasteiger partial charge in [0.2, 0.25) is 0 Å². The van der Waals surface area contributed by atoms with Gasteiger partial charge in [0.05, 0.1) is 22.8 Å². The quantitative estimate of drug-likeness (QED) is 0.853. The van der Waals surface area contributed by atoms with Crippen LogP contribution in [-0.4, -0.2) is 26.1 Å². The van der Waals surface area contributed by atoms with Crippen LogP contribution in [0.5, 0.6) is 5.75 Å². The van der Waals surface area contributed by atoms with Crippen molar-refractivity contribution in [2.24, 2.45) is 0 Å². The summed E-state index contributed by atoms with van der Waals surface area (Å²) in [5.41, 5.74) is 0.200. The Labute approximate surface area is 128 Å². The number of anilines is 1. The van der Waals surface area contributed by atoms with E-state index in [4.69, 9.17) is 9.84 Å². The minimum atomic E-state index is -3.90. The largest absolute Gasteiger partial charge is 0.492 e. The van der Waals surface area contributed by atoms with Gasteiger partial charge in [0.1, 0.15) is 5.75 Å². The lowest BCUT2D eigenvalue weighted by atomic mass is 10.2. The molecule has 22 heavy (non-hydrogen) atoms. The standard InChI is InChI=1S/C15H15NO5S/c1-2-21-14-9-4-3-8-13(14)16-22(19,20)12-7-5-6-11(10-12)15(17)18/h3-10,16H,2H2,1H3,(H,17,18). The van der Waals surface area contributed by atoms with Crippen LogP contribution in [0, 0.1) is 0 Å². The zero-order valence-corrected chi connectivity index (χ0v) is 12.6. The number of para-hydroxylation sites is 2. The molecule has 2 N–H and O–H groups in total. The number of carboxylic acid groups (broad SMARTS) is 1. The van der Waals surface area contributed by atoms with Crippen molar-refractivity contribution in [1.82, 2.24) is 0 Å². The van der Waals surface area contributed by atoms with Crippen LogP contribution in [0.4, 0.5) is 5.69 Å². The monoisotopic (exact) mass is 321 g/mol. The van der Waals surface area contributed by atoms with Crippen LogP contribution in [0.2, 0.25) is 0 Å². The fourth-order valence-corrected chi connectivity index (χ4v) is 2.95. The Kier molecular flexibility index (Phi) is 4.67. The first-order valence-electron chi connectivity index (χ1n) is 6.52. The molecule has 0 spiro atoms. The first kappa shape index (κ1) is 15.8. The summed E-state index contributed by atoms with van der Waals surface area (Å²) in [6, 6.07) is 11.8. The van der Waals surface area contributed by atoms with E-state index in [0.717, 1.165) is 6.07 Å². The summed E-state index contributed by atoms with van der Waals surface area (Å²) in [6.45, 7) is 2.19. The van der Waals surface area contributed by atoms with Gasteiger partial charge in [-0.1, -0.05) is 18.2 Å². The summed E-state index contributed by atoms with van der Waals surface area (Å²) in [4.78, 5) is 10.8. The number of nitrogens with one attached hydrogen (secondary N) is 1. The van der Waals surface area contributed by atoms with Crippen LogP contribution < -0.4 is 9.46 Å². The van der Waals surface area contributed by atoms with Gasteiger partial charge in [0.15, 0.2) is 0 Å². The second kappa shape index (κ2) is 6.48. The summed E-state index contributed by atoms with van der Waals surface area (Å²) in [7, 11) is -3.90. The van der Waals surface area contributed by atoms with Crippen molar-refractivity contribution < 1.29 is 23.1 Å². The van der Waals surface area contributed by atoms with Crippen molar-refractivity contribution >= 4 is 21.7 Å². The number of hydrogen-bond donors (Lipinski definition) is 2. The molecule has 0 aromatic heterocycles. The maximum absolute atomic E-state index is 12.4. The molecule has 0 fully saturated rings. The molecular formula is C15H15NO5S. The number of aromatic carboxylic acids is 1. The lowest BCUT2D eigenvalue weighted by Gasteiger charge is -2.12. The maximum Gasteiger partial charge on any atom is 0.335 e. The van der Waals surface area contributed by atoms with Gasteiger partial charge < -0.3 is 9.84 Å². The molecule has 6 nitrogen and oxygen atoms in total. The molecule has 0 saturated heterocycles. The summed E-state index contributed by atoms with van der Waals surface area (Å²) in [6.07, 6.45) is 0. The second-order valence-corrected chi connectivity index (χ2v) is 6.05. The van der Waals surface area contributed by atoms with Gasteiger partial charge in [-0.3, -0.25) is 4.72 Å². The third-order valence-electron chi connectivity index (χ3n) is 2.82. The lowest BCUT2D eigenvalue weighted by Crippen LogP contribution is -2.14. The van der Waals surface area contributed by atoms with Crippen molar-refractivity contribution in [1.29, 1.82) is 0 Å². The summed E-state index contributed by atoms with van der Waals surface area (Å²) in [5, 5.41) is 8.94. The minimum absolute atomic E-state index is 0.0963. The molecule has 0 amide bonds. The fraction of sp³-hybridized carbons (Fsp3) is 0.133. The third-order valence-corrected chi connectivity index (χ3v) is 4.19. The highest BCUT2D eigenvalue weighted by atomic mass is 32.2. The van der Waals surface area contributed by atoms with Gasteiger partial charge >= 0.3 is 5.97 Å². The van der Waals surface area contributed by atoms with Crippen molar-refractivity contribution in [2.45, 2.75) is 11.8 Å². The highest BCUT2D eigenvalue weighted by Gasteiger charge is 2.18. The fourth-order valence-electron chi connectivity index (χ4n) is 1.83. The predicted octanol–water partition coefficient (Wildman–Crippen LogP) is 2.58. The Hall–Kier alpha value is -2.54. The van der Waals surface area contributed by atoms with Crippen LogP contribution in [0.3, 0.4) is 0 Å². The van der Waals surface area contributed by atoms with Crippen molar-refractivity contribution in [3.8, 4) is 5.75 Å². The van der Waals surface area contributed by atoms with Gasteiger partial charge in [0, 0.05) is 0 Å². The number of carbonyl (C=O) groups is 1. The number of sulfonamides is 1. The van der Waals surface area contributed by atoms with Crippen LogP contribution >= 0.6 is 0 Å². The van der Waals surface area contributed by atoms with E-state index in [2.05, 4.69) is 4.72 Å². The molecule has 2 rings (SSSR count). The Morgan fingerprint density at radius 3 is 2.59 bits per heavy atom. The Bertz CT molecular complexity index is 786. The number of rotatable bonds is 6. The Morgan fingerprint density at radius 2 is 1.91 bits per heavy atom. The summed E-state index contributed by atoms with van der Waals surface area (Å²) < 4.78 is 32.5. The van der Waals surface area contributed by atoms with Gasteiger partial charge in [-0.15, -0.1) is 0 Å². The zero-order chi connectivity index (χ0) is 16.2. The molecule has 0 aliphatic carbocycles. The molecule has 116 valence electrons. The summed E-state index contributed by atoms with van der Waals surface area (Å²) >= 11 is 0. The average Bonchev–Trinajstić information content (AvgIpc) is 2.49. The normalized spacial score (nSPS) is 11.0. The topological polar surface area (TPSA) is 92.7 Å². The highest BCUT2D eigenvalue weighted by Crippen LogP contribution is 2.26. The van der Waals surface area contributed by atoms with Crippen molar-refractivity contribution in [2.75, 3.05) is 11.3 Å². The van der Waals surface area contributed by atoms with E-state index in [9.17, 15) is 13.2 Å². The molecule has 0 radical (unpaired) electrons. The molecule has 0 aliphatic heterocycles. The Morgan fingerprint density at radius 1 is 1.18 bits per heavy atom. The molecule has 0 saturated carbocycles. The smallest absolute Gasteiger partial charge is 0.335 e. The number of carboxylic acids is 1.